The molecule has 1 aliphatic heterocycles. The zero-order valence-corrected chi connectivity index (χ0v) is 17.2. The van der Waals surface area contributed by atoms with Gasteiger partial charge in [-0.05, 0) is 36.1 Å². The molecule has 0 bridgehead atoms. The lowest BCUT2D eigenvalue weighted by Crippen LogP contribution is -2.33. The number of hydrogen-bond acceptors (Lipinski definition) is 3. The zero-order chi connectivity index (χ0) is 20.8. The second kappa shape index (κ2) is 9.76. The molecule has 0 aliphatic carbocycles. The second-order valence-electron chi connectivity index (χ2n) is 6.79. The van der Waals surface area contributed by atoms with Gasteiger partial charge in [0.25, 0.3) is 5.91 Å². The Balaban J connectivity index is 1.43. The van der Waals surface area contributed by atoms with Crippen molar-refractivity contribution in [2.75, 3.05) is 6.54 Å². The van der Waals surface area contributed by atoms with Crippen LogP contribution in [0.5, 0.6) is 0 Å². The molecule has 8 heteroatoms. The first-order chi connectivity index (χ1) is 13.9. The molecule has 0 aromatic heterocycles. The topological polar surface area (TPSA) is 78.5 Å². The number of carbonyl (C=O) groups excluding carboxylic acids is 3. The van der Waals surface area contributed by atoms with Gasteiger partial charge in [-0.3, -0.25) is 14.5 Å². The first-order valence-electron chi connectivity index (χ1n) is 9.30. The van der Waals surface area contributed by atoms with Crippen molar-refractivity contribution in [2.24, 2.45) is 0 Å². The summed E-state index contributed by atoms with van der Waals surface area (Å²) in [4.78, 5) is 37.9. The van der Waals surface area contributed by atoms with Crippen LogP contribution >= 0.6 is 23.2 Å². The molecule has 3 rings (SSSR count). The van der Waals surface area contributed by atoms with E-state index in [1.165, 1.54) is 4.90 Å². The predicted molar refractivity (Wildman–Crippen MR) is 112 cm³/mol. The van der Waals surface area contributed by atoms with Crippen LogP contribution in [-0.2, 0) is 22.6 Å². The number of amides is 4. The summed E-state index contributed by atoms with van der Waals surface area (Å²) in [6.45, 7) is 0.640. The highest BCUT2D eigenvalue weighted by molar-refractivity contribution is 6.35. The van der Waals surface area contributed by atoms with Gasteiger partial charge in [-0.25, -0.2) is 4.79 Å². The molecule has 0 saturated carbocycles. The van der Waals surface area contributed by atoms with Crippen molar-refractivity contribution >= 4 is 41.0 Å². The van der Waals surface area contributed by atoms with Crippen molar-refractivity contribution in [1.82, 2.24) is 15.5 Å². The van der Waals surface area contributed by atoms with Crippen molar-refractivity contribution in [2.45, 2.75) is 31.8 Å². The number of benzene rings is 2. The number of halogens is 2. The van der Waals surface area contributed by atoms with Gasteiger partial charge >= 0.3 is 6.03 Å². The minimum atomic E-state index is -0.678. The fourth-order valence-corrected chi connectivity index (χ4v) is 3.62. The van der Waals surface area contributed by atoms with E-state index in [1.807, 2.05) is 36.4 Å². The van der Waals surface area contributed by atoms with E-state index >= 15 is 0 Å². The molecule has 0 spiro atoms. The number of carbonyl (C=O) groups is 3. The van der Waals surface area contributed by atoms with Crippen LogP contribution in [0.25, 0.3) is 0 Å². The van der Waals surface area contributed by atoms with Crippen molar-refractivity contribution in [1.29, 1.82) is 0 Å². The van der Waals surface area contributed by atoms with Gasteiger partial charge in [0, 0.05) is 23.0 Å². The van der Waals surface area contributed by atoms with E-state index in [0.29, 0.717) is 23.0 Å². The Morgan fingerprint density at radius 1 is 1.10 bits per heavy atom. The summed E-state index contributed by atoms with van der Waals surface area (Å²) >= 11 is 12.0. The van der Waals surface area contributed by atoms with E-state index in [0.717, 1.165) is 11.1 Å². The number of urea groups is 1. The number of hydrogen-bond donors (Lipinski definition) is 2. The average Bonchev–Trinajstić information content (AvgIpc) is 2.96. The molecule has 1 atom stereocenters. The molecule has 29 heavy (non-hydrogen) atoms. The zero-order valence-electron chi connectivity index (χ0n) is 15.7. The molecule has 6 nitrogen and oxygen atoms in total. The van der Waals surface area contributed by atoms with Crippen LogP contribution in [0.3, 0.4) is 0 Å². The normalized spacial score (nSPS) is 16.1. The monoisotopic (exact) mass is 433 g/mol. The maximum atomic E-state index is 12.5. The summed E-state index contributed by atoms with van der Waals surface area (Å²) in [6, 6.07) is 13.4. The fourth-order valence-electron chi connectivity index (χ4n) is 3.11. The summed E-state index contributed by atoms with van der Waals surface area (Å²) in [7, 11) is 0. The number of imide groups is 1. The number of nitrogens with one attached hydrogen (secondary N) is 2. The SMILES string of the molecule is O=C(CC[C@@H]1NC(=O)N(Cc2ccccc2)C1=O)NCCc1ccc(Cl)cc1Cl. The fraction of sp³-hybridized carbons (Fsp3) is 0.286. The van der Waals surface area contributed by atoms with Crippen LogP contribution in [-0.4, -0.2) is 35.3 Å². The first kappa shape index (κ1) is 21.1. The molecule has 1 fully saturated rings. The minimum Gasteiger partial charge on any atom is -0.356 e. The summed E-state index contributed by atoms with van der Waals surface area (Å²) < 4.78 is 0. The minimum absolute atomic E-state index is 0.143. The van der Waals surface area contributed by atoms with Crippen LogP contribution in [0.15, 0.2) is 48.5 Å². The standard InChI is InChI=1S/C21H21Cl2N3O3/c22-16-7-6-15(17(23)12-16)10-11-24-19(27)9-8-18-20(28)26(21(29)25-18)13-14-4-2-1-3-5-14/h1-7,12,18H,8-11,13H2,(H,24,27)(H,25,29)/t18-/m0/s1. The molecule has 4 amide bonds. The summed E-state index contributed by atoms with van der Waals surface area (Å²) in [5.41, 5.74) is 1.77. The Kier molecular flexibility index (Phi) is 7.12. The van der Waals surface area contributed by atoms with E-state index < -0.39 is 12.1 Å². The summed E-state index contributed by atoms with van der Waals surface area (Å²) in [5.74, 6) is -0.488. The molecular weight excluding hydrogens is 413 g/mol. The Morgan fingerprint density at radius 3 is 2.59 bits per heavy atom. The van der Waals surface area contributed by atoms with Crippen LogP contribution < -0.4 is 10.6 Å². The molecule has 1 aliphatic rings. The molecule has 0 radical (unpaired) electrons. The highest BCUT2D eigenvalue weighted by Crippen LogP contribution is 2.21. The lowest BCUT2D eigenvalue weighted by Gasteiger charge is -2.13. The van der Waals surface area contributed by atoms with Crippen LogP contribution in [0.1, 0.15) is 24.0 Å². The second-order valence-corrected chi connectivity index (χ2v) is 7.63. The van der Waals surface area contributed by atoms with E-state index in [2.05, 4.69) is 10.6 Å². The third-order valence-electron chi connectivity index (χ3n) is 4.68. The maximum Gasteiger partial charge on any atom is 0.325 e. The quantitative estimate of drug-likeness (QED) is 0.624. The highest BCUT2D eigenvalue weighted by Gasteiger charge is 2.37. The Hall–Kier alpha value is -2.57. The number of rotatable bonds is 8. The maximum absolute atomic E-state index is 12.5. The third kappa shape index (κ3) is 5.71. The van der Waals surface area contributed by atoms with Gasteiger partial charge in [-0.15, -0.1) is 0 Å². The van der Waals surface area contributed by atoms with Crippen molar-refractivity contribution < 1.29 is 14.4 Å². The van der Waals surface area contributed by atoms with Crippen molar-refractivity contribution in [3.63, 3.8) is 0 Å². The molecule has 2 aromatic carbocycles. The molecular formula is C21H21Cl2N3O3. The molecule has 0 unspecified atom stereocenters. The predicted octanol–water partition coefficient (Wildman–Crippen LogP) is 3.55. The van der Waals surface area contributed by atoms with Gasteiger partial charge < -0.3 is 10.6 Å². The van der Waals surface area contributed by atoms with E-state index in [-0.39, 0.29) is 31.2 Å². The first-order valence-corrected chi connectivity index (χ1v) is 10.1. The molecule has 2 aromatic rings. The smallest absolute Gasteiger partial charge is 0.325 e. The van der Waals surface area contributed by atoms with Gasteiger partial charge in [-0.1, -0.05) is 59.6 Å². The Morgan fingerprint density at radius 2 is 1.86 bits per heavy atom. The molecule has 2 N–H and O–H groups in total. The van der Waals surface area contributed by atoms with Gasteiger partial charge in [0.1, 0.15) is 6.04 Å². The number of nitrogens with zero attached hydrogens (tertiary/aromatic N) is 1. The van der Waals surface area contributed by atoms with Crippen LogP contribution in [0, 0.1) is 0 Å². The third-order valence-corrected chi connectivity index (χ3v) is 5.27. The van der Waals surface area contributed by atoms with E-state index in [9.17, 15) is 14.4 Å². The van der Waals surface area contributed by atoms with Crippen LogP contribution in [0.2, 0.25) is 10.0 Å². The molecule has 152 valence electrons. The molecule has 1 saturated heterocycles. The lowest BCUT2D eigenvalue weighted by molar-refractivity contribution is -0.128. The summed E-state index contributed by atoms with van der Waals surface area (Å²) in [6.07, 6.45) is 0.972. The van der Waals surface area contributed by atoms with Gasteiger partial charge in [-0.2, -0.15) is 0 Å². The van der Waals surface area contributed by atoms with E-state index in [1.54, 1.807) is 12.1 Å². The van der Waals surface area contributed by atoms with Gasteiger partial charge in [0.2, 0.25) is 5.91 Å². The van der Waals surface area contributed by atoms with Crippen LogP contribution in [0.4, 0.5) is 4.79 Å². The van der Waals surface area contributed by atoms with E-state index in [4.69, 9.17) is 23.2 Å². The molecule has 1 heterocycles. The lowest BCUT2D eigenvalue weighted by atomic mass is 10.1. The average molecular weight is 434 g/mol. The van der Waals surface area contributed by atoms with Crippen molar-refractivity contribution in [3.8, 4) is 0 Å². The van der Waals surface area contributed by atoms with Gasteiger partial charge in [0.15, 0.2) is 0 Å². The largest absolute Gasteiger partial charge is 0.356 e. The highest BCUT2D eigenvalue weighted by atomic mass is 35.5. The Labute approximate surface area is 179 Å². The van der Waals surface area contributed by atoms with Gasteiger partial charge in [0.05, 0.1) is 6.54 Å². The summed E-state index contributed by atoms with van der Waals surface area (Å²) in [5, 5.41) is 6.58. The van der Waals surface area contributed by atoms with Crippen molar-refractivity contribution in [3.05, 3.63) is 69.7 Å². The Bertz CT molecular complexity index is 905.